The second kappa shape index (κ2) is 9.03. The summed E-state index contributed by atoms with van der Waals surface area (Å²) in [6, 6.07) is 5.86. The van der Waals surface area contributed by atoms with Crippen molar-refractivity contribution in [1.29, 1.82) is 0 Å². The van der Waals surface area contributed by atoms with E-state index in [0.717, 1.165) is 44.5 Å². The zero-order chi connectivity index (χ0) is 18.4. The quantitative estimate of drug-likeness (QED) is 0.819. The Bertz CT molecular complexity index is 635. The lowest BCUT2D eigenvalue weighted by Crippen LogP contribution is -2.37. The lowest BCUT2D eigenvalue weighted by atomic mass is 9.95. The molecule has 1 aromatic carbocycles. The van der Waals surface area contributed by atoms with E-state index in [0.29, 0.717) is 11.3 Å². The van der Waals surface area contributed by atoms with Crippen LogP contribution in [0.5, 0.6) is 0 Å². The van der Waals surface area contributed by atoms with E-state index in [9.17, 15) is 9.59 Å². The molecule has 3 rings (SSSR count). The third-order valence-electron chi connectivity index (χ3n) is 5.19. The fourth-order valence-corrected chi connectivity index (χ4v) is 3.87. The van der Waals surface area contributed by atoms with Crippen molar-refractivity contribution in [3.05, 3.63) is 23.8 Å². The summed E-state index contributed by atoms with van der Waals surface area (Å²) in [6.45, 7) is 1.94. The summed E-state index contributed by atoms with van der Waals surface area (Å²) in [7, 11) is 1.49. The van der Waals surface area contributed by atoms with Gasteiger partial charge in [-0.15, -0.1) is 0 Å². The zero-order valence-electron chi connectivity index (χ0n) is 15.6. The van der Waals surface area contributed by atoms with Crippen LogP contribution >= 0.6 is 0 Å². The normalized spacial score (nSPS) is 18.0. The van der Waals surface area contributed by atoms with Crippen LogP contribution in [0.15, 0.2) is 18.2 Å². The summed E-state index contributed by atoms with van der Waals surface area (Å²) in [5.74, 6) is -0.262. The van der Waals surface area contributed by atoms with E-state index in [1.54, 1.807) is 6.07 Å². The molecule has 1 saturated carbocycles. The van der Waals surface area contributed by atoms with E-state index in [2.05, 4.69) is 15.5 Å². The van der Waals surface area contributed by atoms with Gasteiger partial charge >= 0.3 is 0 Å². The molecule has 0 atom stereocenters. The number of carbonyl (C=O) groups is 2. The van der Waals surface area contributed by atoms with Crippen LogP contribution in [-0.4, -0.2) is 44.7 Å². The molecule has 0 spiro atoms. The SMILES string of the molecule is COCC(=O)Nc1ccc(N2CCCC2)c(C(=O)NC2CCCCC2)c1. The summed E-state index contributed by atoms with van der Waals surface area (Å²) in [5.41, 5.74) is 2.23. The van der Waals surface area contributed by atoms with Crippen molar-refractivity contribution in [1.82, 2.24) is 5.32 Å². The molecule has 0 aromatic heterocycles. The van der Waals surface area contributed by atoms with Crippen molar-refractivity contribution in [2.75, 3.05) is 37.0 Å². The Labute approximate surface area is 155 Å². The first-order chi connectivity index (χ1) is 12.7. The Hall–Kier alpha value is -2.08. The Morgan fingerprint density at radius 2 is 1.85 bits per heavy atom. The smallest absolute Gasteiger partial charge is 0.253 e. The number of nitrogens with one attached hydrogen (secondary N) is 2. The molecule has 1 heterocycles. The van der Waals surface area contributed by atoms with E-state index < -0.39 is 0 Å². The van der Waals surface area contributed by atoms with Gasteiger partial charge < -0.3 is 20.3 Å². The van der Waals surface area contributed by atoms with Crippen molar-refractivity contribution in [3.8, 4) is 0 Å². The fourth-order valence-electron chi connectivity index (χ4n) is 3.87. The third-order valence-corrected chi connectivity index (χ3v) is 5.19. The van der Waals surface area contributed by atoms with Crippen LogP contribution in [0.25, 0.3) is 0 Å². The molecule has 1 aliphatic heterocycles. The van der Waals surface area contributed by atoms with E-state index in [-0.39, 0.29) is 24.5 Å². The van der Waals surface area contributed by atoms with Crippen molar-refractivity contribution >= 4 is 23.2 Å². The molecular weight excluding hydrogens is 330 g/mol. The van der Waals surface area contributed by atoms with Gasteiger partial charge in [0.2, 0.25) is 5.91 Å². The Balaban J connectivity index is 1.80. The first-order valence-electron chi connectivity index (χ1n) is 9.66. The van der Waals surface area contributed by atoms with Gasteiger partial charge in [-0.25, -0.2) is 0 Å². The number of anilines is 2. The van der Waals surface area contributed by atoms with Crippen molar-refractivity contribution in [3.63, 3.8) is 0 Å². The first kappa shape index (κ1) is 18.7. The lowest BCUT2D eigenvalue weighted by Gasteiger charge is -2.25. The molecule has 26 heavy (non-hydrogen) atoms. The van der Waals surface area contributed by atoms with Gasteiger partial charge in [0.05, 0.1) is 5.56 Å². The number of carbonyl (C=O) groups excluding carboxylic acids is 2. The summed E-state index contributed by atoms with van der Waals surface area (Å²) in [5, 5.41) is 6.00. The van der Waals surface area contributed by atoms with Gasteiger partial charge in [0.15, 0.2) is 0 Å². The third kappa shape index (κ3) is 4.75. The van der Waals surface area contributed by atoms with Crippen LogP contribution in [0.4, 0.5) is 11.4 Å². The highest BCUT2D eigenvalue weighted by Crippen LogP contribution is 2.28. The highest BCUT2D eigenvalue weighted by Gasteiger charge is 2.23. The zero-order valence-corrected chi connectivity index (χ0v) is 15.6. The van der Waals surface area contributed by atoms with Gasteiger partial charge in [-0.2, -0.15) is 0 Å². The van der Waals surface area contributed by atoms with Crippen molar-refractivity contribution in [2.45, 2.75) is 51.0 Å². The minimum Gasteiger partial charge on any atom is -0.375 e. The molecule has 2 amide bonds. The largest absolute Gasteiger partial charge is 0.375 e. The number of rotatable bonds is 6. The summed E-state index contributed by atoms with van der Waals surface area (Å²) < 4.78 is 4.86. The van der Waals surface area contributed by atoms with Crippen LogP contribution in [0.2, 0.25) is 0 Å². The lowest BCUT2D eigenvalue weighted by molar-refractivity contribution is -0.119. The Kier molecular flexibility index (Phi) is 6.50. The van der Waals surface area contributed by atoms with Gasteiger partial charge in [0.25, 0.3) is 5.91 Å². The first-order valence-corrected chi connectivity index (χ1v) is 9.66. The fraction of sp³-hybridized carbons (Fsp3) is 0.600. The summed E-state index contributed by atoms with van der Waals surface area (Å²) in [4.78, 5) is 27.0. The molecule has 0 radical (unpaired) electrons. The maximum atomic E-state index is 13.0. The number of hydrogen-bond donors (Lipinski definition) is 2. The molecule has 1 aliphatic carbocycles. The number of methoxy groups -OCH3 is 1. The topological polar surface area (TPSA) is 70.7 Å². The average molecular weight is 359 g/mol. The highest BCUT2D eigenvalue weighted by atomic mass is 16.5. The highest BCUT2D eigenvalue weighted by molar-refractivity contribution is 6.02. The molecule has 6 nitrogen and oxygen atoms in total. The molecule has 6 heteroatoms. The number of nitrogens with zero attached hydrogens (tertiary/aromatic N) is 1. The second-order valence-corrected chi connectivity index (χ2v) is 7.22. The maximum Gasteiger partial charge on any atom is 0.253 e. The van der Waals surface area contributed by atoms with Crippen molar-refractivity contribution < 1.29 is 14.3 Å². The van der Waals surface area contributed by atoms with Crippen LogP contribution in [-0.2, 0) is 9.53 Å². The molecule has 142 valence electrons. The molecule has 2 fully saturated rings. The predicted octanol–water partition coefficient (Wildman–Crippen LogP) is 2.93. The van der Waals surface area contributed by atoms with E-state index in [1.165, 1.54) is 26.4 Å². The van der Waals surface area contributed by atoms with Gasteiger partial charge in [0, 0.05) is 37.6 Å². The van der Waals surface area contributed by atoms with E-state index in [1.807, 2.05) is 12.1 Å². The standard InChI is InChI=1S/C20H29N3O3/c1-26-14-19(24)21-16-9-10-18(23-11-5-6-12-23)17(13-16)20(25)22-15-7-3-2-4-8-15/h9-10,13,15H,2-8,11-12,14H2,1H3,(H,21,24)(H,22,25). The number of ether oxygens (including phenoxy) is 1. The van der Waals surface area contributed by atoms with Crippen LogP contribution < -0.4 is 15.5 Å². The summed E-state index contributed by atoms with van der Waals surface area (Å²) in [6.07, 6.45) is 8.01. The van der Waals surface area contributed by atoms with Crippen LogP contribution in [0.3, 0.4) is 0 Å². The monoisotopic (exact) mass is 359 g/mol. The minimum atomic E-state index is -0.222. The molecule has 1 saturated heterocycles. The number of benzene rings is 1. The second-order valence-electron chi connectivity index (χ2n) is 7.22. The molecule has 2 aliphatic rings. The Morgan fingerprint density at radius 1 is 1.12 bits per heavy atom. The van der Waals surface area contributed by atoms with Crippen molar-refractivity contribution in [2.24, 2.45) is 0 Å². The van der Waals surface area contributed by atoms with Crippen LogP contribution in [0, 0.1) is 0 Å². The molecule has 2 N–H and O–H groups in total. The van der Waals surface area contributed by atoms with E-state index >= 15 is 0 Å². The predicted molar refractivity (Wildman–Crippen MR) is 103 cm³/mol. The number of hydrogen-bond acceptors (Lipinski definition) is 4. The number of amides is 2. The average Bonchev–Trinajstić information content (AvgIpc) is 3.17. The van der Waals surface area contributed by atoms with Gasteiger partial charge in [0.1, 0.15) is 6.61 Å². The molecule has 0 bridgehead atoms. The minimum absolute atomic E-state index is 0.00250. The van der Waals surface area contributed by atoms with E-state index in [4.69, 9.17) is 4.74 Å². The van der Waals surface area contributed by atoms with Crippen LogP contribution in [0.1, 0.15) is 55.3 Å². The molecule has 0 unspecified atom stereocenters. The van der Waals surface area contributed by atoms with Gasteiger partial charge in [-0.3, -0.25) is 9.59 Å². The maximum absolute atomic E-state index is 13.0. The molecular formula is C20H29N3O3. The molecule has 1 aromatic rings. The summed E-state index contributed by atoms with van der Waals surface area (Å²) >= 11 is 0. The Morgan fingerprint density at radius 3 is 2.54 bits per heavy atom. The van der Waals surface area contributed by atoms with Gasteiger partial charge in [-0.1, -0.05) is 19.3 Å². The van der Waals surface area contributed by atoms with Gasteiger partial charge in [-0.05, 0) is 43.9 Å².